The standard InChI is InChI=1S/C19H21BrN2O4S/c1-2-19(23)21-9-7-13-11-14(20)18(12-16(13)21)27(24,25)22-8-3-5-15(22)17-6-4-10-26-17/h4,6,10-12,15H,2-3,5,7-9H2,1H3/t15-/m1/s1. The molecule has 27 heavy (non-hydrogen) atoms. The molecule has 0 N–H and O–H groups in total. The fraction of sp³-hybridized carbons (Fsp3) is 0.421. The van der Waals surface area contributed by atoms with E-state index in [0.29, 0.717) is 35.4 Å². The van der Waals surface area contributed by atoms with Crippen molar-refractivity contribution in [3.63, 3.8) is 0 Å². The number of hydrogen-bond donors (Lipinski definition) is 0. The van der Waals surface area contributed by atoms with Gasteiger partial charge in [0.05, 0.1) is 17.2 Å². The van der Waals surface area contributed by atoms with Crippen molar-refractivity contribution >= 4 is 37.5 Å². The highest BCUT2D eigenvalue weighted by atomic mass is 79.9. The number of furan rings is 1. The topological polar surface area (TPSA) is 70.8 Å². The molecule has 3 heterocycles. The lowest BCUT2D eigenvalue weighted by Gasteiger charge is -2.24. The van der Waals surface area contributed by atoms with Gasteiger partial charge < -0.3 is 9.32 Å². The van der Waals surface area contributed by atoms with Crippen LogP contribution in [0.25, 0.3) is 0 Å². The fourth-order valence-electron chi connectivity index (χ4n) is 3.96. The van der Waals surface area contributed by atoms with Gasteiger partial charge >= 0.3 is 0 Å². The van der Waals surface area contributed by atoms with E-state index in [1.807, 2.05) is 19.1 Å². The third-order valence-corrected chi connectivity index (χ3v) is 8.16. The molecule has 144 valence electrons. The molecule has 0 spiro atoms. The lowest BCUT2D eigenvalue weighted by atomic mass is 10.2. The van der Waals surface area contributed by atoms with E-state index in [-0.39, 0.29) is 16.8 Å². The Morgan fingerprint density at radius 1 is 1.33 bits per heavy atom. The van der Waals surface area contributed by atoms with Crippen LogP contribution >= 0.6 is 15.9 Å². The van der Waals surface area contributed by atoms with Crippen LogP contribution in [0.3, 0.4) is 0 Å². The molecular formula is C19H21BrN2O4S. The van der Waals surface area contributed by atoms with E-state index < -0.39 is 10.0 Å². The van der Waals surface area contributed by atoms with Crippen LogP contribution in [0.2, 0.25) is 0 Å². The summed E-state index contributed by atoms with van der Waals surface area (Å²) in [4.78, 5) is 14.1. The molecule has 0 aliphatic carbocycles. The van der Waals surface area contributed by atoms with Crippen molar-refractivity contribution < 1.29 is 17.6 Å². The van der Waals surface area contributed by atoms with Gasteiger partial charge in [0, 0.05) is 29.7 Å². The maximum atomic E-state index is 13.5. The van der Waals surface area contributed by atoms with Gasteiger partial charge in [-0.15, -0.1) is 0 Å². The monoisotopic (exact) mass is 452 g/mol. The third-order valence-electron chi connectivity index (χ3n) is 5.29. The Kier molecular flexibility index (Phi) is 4.90. The zero-order valence-electron chi connectivity index (χ0n) is 15.0. The van der Waals surface area contributed by atoms with E-state index in [1.54, 1.807) is 23.3 Å². The van der Waals surface area contributed by atoms with Gasteiger partial charge in [-0.1, -0.05) is 6.92 Å². The van der Waals surface area contributed by atoms with Crippen LogP contribution in [-0.2, 0) is 21.2 Å². The Bertz CT molecular complexity index is 972. The number of rotatable bonds is 4. The second kappa shape index (κ2) is 7.07. The molecule has 2 aliphatic rings. The van der Waals surface area contributed by atoms with Crippen molar-refractivity contribution in [3.8, 4) is 0 Å². The van der Waals surface area contributed by atoms with E-state index in [2.05, 4.69) is 15.9 Å². The molecule has 1 atom stereocenters. The van der Waals surface area contributed by atoms with Crippen molar-refractivity contribution in [1.29, 1.82) is 0 Å². The SMILES string of the molecule is CCC(=O)N1CCc2cc(Br)c(S(=O)(=O)N3CCC[C@@H]3c3ccco3)cc21. The summed E-state index contributed by atoms with van der Waals surface area (Å²) in [5.41, 5.74) is 1.70. The van der Waals surface area contributed by atoms with Crippen molar-refractivity contribution in [2.75, 3.05) is 18.0 Å². The van der Waals surface area contributed by atoms with Crippen LogP contribution in [0.5, 0.6) is 0 Å². The summed E-state index contributed by atoms with van der Waals surface area (Å²) in [6.07, 6.45) is 4.21. The van der Waals surface area contributed by atoms with Crippen LogP contribution < -0.4 is 4.90 Å². The Balaban J connectivity index is 1.75. The lowest BCUT2D eigenvalue weighted by molar-refractivity contribution is -0.118. The van der Waals surface area contributed by atoms with Crippen molar-refractivity contribution in [2.24, 2.45) is 0 Å². The van der Waals surface area contributed by atoms with Gasteiger partial charge in [0.2, 0.25) is 15.9 Å². The lowest BCUT2D eigenvalue weighted by Crippen LogP contribution is -2.31. The molecule has 6 nitrogen and oxygen atoms in total. The molecule has 4 rings (SSSR count). The quantitative estimate of drug-likeness (QED) is 0.705. The molecule has 0 bridgehead atoms. The highest BCUT2D eigenvalue weighted by Crippen LogP contribution is 2.41. The summed E-state index contributed by atoms with van der Waals surface area (Å²) in [6, 6.07) is 6.78. The van der Waals surface area contributed by atoms with Crippen LogP contribution in [0.15, 0.2) is 44.3 Å². The summed E-state index contributed by atoms with van der Waals surface area (Å²) in [7, 11) is -3.73. The highest BCUT2D eigenvalue weighted by Gasteiger charge is 2.39. The van der Waals surface area contributed by atoms with Gasteiger partial charge in [-0.05, 0) is 65.0 Å². The second-order valence-electron chi connectivity index (χ2n) is 6.85. The van der Waals surface area contributed by atoms with E-state index in [4.69, 9.17) is 4.42 Å². The van der Waals surface area contributed by atoms with Gasteiger partial charge in [0.25, 0.3) is 0 Å². The molecule has 0 radical (unpaired) electrons. The molecule has 1 aromatic carbocycles. The number of carbonyl (C=O) groups is 1. The van der Waals surface area contributed by atoms with E-state index in [0.717, 1.165) is 24.8 Å². The van der Waals surface area contributed by atoms with Gasteiger partial charge in [-0.2, -0.15) is 4.31 Å². The molecule has 0 saturated carbocycles. The summed E-state index contributed by atoms with van der Waals surface area (Å²) in [6.45, 7) is 2.86. The van der Waals surface area contributed by atoms with E-state index in [1.165, 1.54) is 4.31 Å². The van der Waals surface area contributed by atoms with Crippen molar-refractivity contribution in [3.05, 3.63) is 46.3 Å². The normalized spacial score (nSPS) is 20.2. The zero-order valence-corrected chi connectivity index (χ0v) is 17.4. The van der Waals surface area contributed by atoms with E-state index in [9.17, 15) is 13.2 Å². The number of hydrogen-bond acceptors (Lipinski definition) is 4. The predicted molar refractivity (Wildman–Crippen MR) is 105 cm³/mol. The molecule has 1 saturated heterocycles. The highest BCUT2D eigenvalue weighted by molar-refractivity contribution is 9.10. The summed E-state index contributed by atoms with van der Waals surface area (Å²) in [5.74, 6) is 0.671. The Labute approximate surface area is 167 Å². The molecule has 8 heteroatoms. The second-order valence-corrected chi connectivity index (χ2v) is 9.56. The minimum absolute atomic E-state index is 0.00838. The van der Waals surface area contributed by atoms with E-state index >= 15 is 0 Å². The minimum Gasteiger partial charge on any atom is -0.468 e. The maximum Gasteiger partial charge on any atom is 0.244 e. The Morgan fingerprint density at radius 2 is 2.15 bits per heavy atom. The van der Waals surface area contributed by atoms with Gasteiger partial charge in [-0.3, -0.25) is 4.79 Å². The molecule has 2 aliphatic heterocycles. The number of carbonyl (C=O) groups excluding carboxylic acids is 1. The molecule has 0 unspecified atom stereocenters. The first kappa shape index (κ1) is 18.7. The summed E-state index contributed by atoms with van der Waals surface area (Å²) in [5, 5.41) is 0. The average Bonchev–Trinajstić information content (AvgIpc) is 3.38. The number of nitrogens with zero attached hydrogens (tertiary/aromatic N) is 2. The Morgan fingerprint density at radius 3 is 2.85 bits per heavy atom. The molecule has 2 aromatic rings. The number of sulfonamides is 1. The number of halogens is 1. The number of fused-ring (bicyclic) bond motifs is 1. The van der Waals surface area contributed by atoms with Crippen LogP contribution in [0, 0.1) is 0 Å². The summed E-state index contributed by atoms with van der Waals surface area (Å²) < 4.78 is 34.4. The summed E-state index contributed by atoms with van der Waals surface area (Å²) >= 11 is 3.44. The fourth-order valence-corrected chi connectivity index (χ4v) is 6.69. The van der Waals surface area contributed by atoms with Gasteiger partial charge in [0.1, 0.15) is 5.76 Å². The zero-order chi connectivity index (χ0) is 19.2. The van der Waals surface area contributed by atoms with Gasteiger partial charge in [-0.25, -0.2) is 8.42 Å². The number of benzene rings is 1. The average molecular weight is 453 g/mol. The number of amides is 1. The van der Waals surface area contributed by atoms with Crippen LogP contribution in [-0.4, -0.2) is 31.7 Å². The first-order chi connectivity index (χ1) is 12.9. The van der Waals surface area contributed by atoms with Crippen molar-refractivity contribution in [2.45, 2.75) is 43.5 Å². The van der Waals surface area contributed by atoms with Crippen LogP contribution in [0.4, 0.5) is 5.69 Å². The number of anilines is 1. The predicted octanol–water partition coefficient (Wildman–Crippen LogP) is 3.87. The van der Waals surface area contributed by atoms with Crippen molar-refractivity contribution in [1.82, 2.24) is 4.31 Å². The molecular weight excluding hydrogens is 432 g/mol. The largest absolute Gasteiger partial charge is 0.468 e. The molecule has 1 aromatic heterocycles. The third kappa shape index (κ3) is 3.13. The first-order valence-electron chi connectivity index (χ1n) is 9.11. The van der Waals surface area contributed by atoms with Crippen LogP contribution in [0.1, 0.15) is 43.6 Å². The maximum absolute atomic E-state index is 13.5. The molecule has 1 fully saturated rings. The Hall–Kier alpha value is -1.64. The first-order valence-corrected chi connectivity index (χ1v) is 11.3. The molecule has 1 amide bonds. The smallest absolute Gasteiger partial charge is 0.244 e. The van der Waals surface area contributed by atoms with Gasteiger partial charge in [0.15, 0.2) is 0 Å². The minimum atomic E-state index is -3.73.